The summed E-state index contributed by atoms with van der Waals surface area (Å²) >= 11 is 0. The molecule has 0 saturated carbocycles. The molecule has 2 atom stereocenters. The number of nitrogens with one attached hydrogen (secondary N) is 1. The monoisotopic (exact) mass is 271 g/mol. The molecule has 3 N–H and O–H groups in total. The molecule has 0 aromatic heterocycles. The molecule has 0 aromatic rings. The maximum atomic E-state index is 12.2. The summed E-state index contributed by atoms with van der Waals surface area (Å²) in [5.74, 6) is -0.0838. The standard InChI is InChI=1S/C13H25N3O3/c1-13(12(18)15-2)6-7-16(9-13)11(17)10(14)5-4-8-19-3/h10H,4-9,14H2,1-3H3,(H,15,18). The number of methoxy groups -OCH3 is 1. The lowest BCUT2D eigenvalue weighted by atomic mass is 9.89. The van der Waals surface area contributed by atoms with E-state index in [1.165, 1.54) is 0 Å². The van der Waals surface area contributed by atoms with Gasteiger partial charge in [0, 0.05) is 33.9 Å². The molecule has 0 bridgehead atoms. The summed E-state index contributed by atoms with van der Waals surface area (Å²) in [4.78, 5) is 25.7. The Hall–Kier alpha value is -1.14. The fourth-order valence-corrected chi connectivity index (χ4v) is 2.44. The van der Waals surface area contributed by atoms with Gasteiger partial charge in [0.1, 0.15) is 0 Å². The molecule has 6 heteroatoms. The molecule has 1 rings (SSSR count). The van der Waals surface area contributed by atoms with Crippen LogP contribution in [0.4, 0.5) is 0 Å². The Balaban J connectivity index is 2.49. The van der Waals surface area contributed by atoms with Crippen molar-refractivity contribution in [3.63, 3.8) is 0 Å². The number of hydrogen-bond acceptors (Lipinski definition) is 4. The number of nitrogens with two attached hydrogens (primary N) is 1. The predicted octanol–water partition coefficient (Wildman–Crippen LogP) is -0.275. The third-order valence-electron chi connectivity index (χ3n) is 3.74. The van der Waals surface area contributed by atoms with Crippen LogP contribution in [0.1, 0.15) is 26.2 Å². The van der Waals surface area contributed by atoms with Gasteiger partial charge in [-0.15, -0.1) is 0 Å². The Morgan fingerprint density at radius 3 is 2.79 bits per heavy atom. The second-order valence-corrected chi connectivity index (χ2v) is 5.39. The van der Waals surface area contributed by atoms with Gasteiger partial charge in [-0.05, 0) is 26.2 Å². The van der Waals surface area contributed by atoms with Crippen molar-refractivity contribution in [1.29, 1.82) is 0 Å². The maximum Gasteiger partial charge on any atom is 0.239 e. The SMILES string of the molecule is CNC(=O)C1(C)CCN(C(=O)C(N)CCCOC)C1. The largest absolute Gasteiger partial charge is 0.385 e. The Labute approximate surface area is 114 Å². The molecule has 1 saturated heterocycles. The summed E-state index contributed by atoms with van der Waals surface area (Å²) in [5, 5.41) is 2.65. The van der Waals surface area contributed by atoms with Crippen LogP contribution in [-0.4, -0.2) is 56.6 Å². The van der Waals surface area contributed by atoms with Crippen LogP contribution in [0.15, 0.2) is 0 Å². The van der Waals surface area contributed by atoms with Crippen LogP contribution in [0.3, 0.4) is 0 Å². The van der Waals surface area contributed by atoms with E-state index in [-0.39, 0.29) is 11.8 Å². The fourth-order valence-electron chi connectivity index (χ4n) is 2.44. The number of hydrogen-bond donors (Lipinski definition) is 2. The minimum Gasteiger partial charge on any atom is -0.385 e. The van der Waals surface area contributed by atoms with Crippen LogP contribution >= 0.6 is 0 Å². The van der Waals surface area contributed by atoms with E-state index in [9.17, 15) is 9.59 Å². The van der Waals surface area contributed by atoms with Crippen molar-refractivity contribution in [2.75, 3.05) is 33.9 Å². The van der Waals surface area contributed by atoms with E-state index in [1.807, 2.05) is 6.92 Å². The number of carbonyl (C=O) groups excluding carboxylic acids is 2. The minimum absolute atomic E-state index is 0.0178. The van der Waals surface area contributed by atoms with E-state index < -0.39 is 11.5 Å². The lowest BCUT2D eigenvalue weighted by Gasteiger charge is -2.24. The van der Waals surface area contributed by atoms with Crippen LogP contribution in [0.2, 0.25) is 0 Å². The molecule has 0 radical (unpaired) electrons. The maximum absolute atomic E-state index is 12.2. The van der Waals surface area contributed by atoms with Crippen molar-refractivity contribution in [3.8, 4) is 0 Å². The molecule has 0 aliphatic carbocycles. The highest BCUT2D eigenvalue weighted by Gasteiger charge is 2.42. The first-order chi connectivity index (χ1) is 8.94. The van der Waals surface area contributed by atoms with Gasteiger partial charge in [-0.3, -0.25) is 9.59 Å². The zero-order valence-corrected chi connectivity index (χ0v) is 12.1. The van der Waals surface area contributed by atoms with Crippen molar-refractivity contribution < 1.29 is 14.3 Å². The second kappa shape index (κ2) is 6.86. The van der Waals surface area contributed by atoms with Gasteiger partial charge in [0.15, 0.2) is 0 Å². The summed E-state index contributed by atoms with van der Waals surface area (Å²) in [6.07, 6.45) is 2.06. The number of amides is 2. The number of nitrogens with zero attached hydrogens (tertiary/aromatic N) is 1. The minimum atomic E-state index is -0.498. The van der Waals surface area contributed by atoms with Gasteiger partial charge in [-0.25, -0.2) is 0 Å². The molecule has 6 nitrogen and oxygen atoms in total. The van der Waals surface area contributed by atoms with E-state index in [0.717, 1.165) is 6.42 Å². The van der Waals surface area contributed by atoms with Crippen LogP contribution in [0, 0.1) is 5.41 Å². The summed E-state index contributed by atoms with van der Waals surface area (Å²) in [5.41, 5.74) is 5.40. The normalized spacial score (nSPS) is 24.3. The molecule has 1 heterocycles. The first kappa shape index (κ1) is 15.9. The van der Waals surface area contributed by atoms with Crippen molar-refractivity contribution in [1.82, 2.24) is 10.2 Å². The molecule has 1 fully saturated rings. The first-order valence-corrected chi connectivity index (χ1v) is 6.70. The van der Waals surface area contributed by atoms with Gasteiger partial charge in [0.2, 0.25) is 11.8 Å². The van der Waals surface area contributed by atoms with E-state index >= 15 is 0 Å². The Kier molecular flexibility index (Phi) is 5.75. The molecular formula is C13H25N3O3. The smallest absolute Gasteiger partial charge is 0.239 e. The number of carbonyl (C=O) groups is 2. The summed E-state index contributed by atoms with van der Waals surface area (Å²) < 4.78 is 4.94. The van der Waals surface area contributed by atoms with Crippen molar-refractivity contribution in [2.24, 2.45) is 11.1 Å². The molecule has 19 heavy (non-hydrogen) atoms. The third kappa shape index (κ3) is 3.91. The summed E-state index contributed by atoms with van der Waals surface area (Å²) in [7, 11) is 3.25. The van der Waals surface area contributed by atoms with Crippen LogP contribution < -0.4 is 11.1 Å². The highest BCUT2D eigenvalue weighted by Crippen LogP contribution is 2.30. The molecule has 1 aliphatic heterocycles. The van der Waals surface area contributed by atoms with Gasteiger partial charge in [-0.2, -0.15) is 0 Å². The zero-order chi connectivity index (χ0) is 14.5. The highest BCUT2D eigenvalue weighted by molar-refractivity contribution is 5.86. The average molecular weight is 271 g/mol. The zero-order valence-electron chi connectivity index (χ0n) is 12.1. The average Bonchev–Trinajstić information content (AvgIpc) is 2.81. The highest BCUT2D eigenvalue weighted by atomic mass is 16.5. The molecule has 1 aliphatic rings. The molecular weight excluding hydrogens is 246 g/mol. The fraction of sp³-hybridized carbons (Fsp3) is 0.846. The molecule has 2 unspecified atom stereocenters. The Morgan fingerprint density at radius 2 is 2.21 bits per heavy atom. The Morgan fingerprint density at radius 1 is 1.53 bits per heavy atom. The van der Waals surface area contributed by atoms with Gasteiger partial charge >= 0.3 is 0 Å². The number of likely N-dealkylation sites (tertiary alicyclic amines) is 1. The quantitative estimate of drug-likeness (QED) is 0.651. The predicted molar refractivity (Wildman–Crippen MR) is 72.5 cm³/mol. The lowest BCUT2D eigenvalue weighted by Crippen LogP contribution is -2.45. The third-order valence-corrected chi connectivity index (χ3v) is 3.74. The van der Waals surface area contributed by atoms with E-state index in [4.69, 9.17) is 10.5 Å². The summed E-state index contributed by atoms with van der Waals surface area (Å²) in [6.45, 7) is 3.54. The molecule has 110 valence electrons. The topological polar surface area (TPSA) is 84.7 Å². The van der Waals surface area contributed by atoms with Crippen LogP contribution in [0.25, 0.3) is 0 Å². The molecule has 0 spiro atoms. The van der Waals surface area contributed by atoms with Crippen molar-refractivity contribution in [3.05, 3.63) is 0 Å². The van der Waals surface area contributed by atoms with E-state index in [0.29, 0.717) is 32.5 Å². The lowest BCUT2D eigenvalue weighted by molar-refractivity contribution is -0.133. The number of ether oxygens (including phenoxy) is 1. The van der Waals surface area contributed by atoms with Crippen LogP contribution in [0.5, 0.6) is 0 Å². The van der Waals surface area contributed by atoms with Crippen molar-refractivity contribution >= 4 is 11.8 Å². The second-order valence-electron chi connectivity index (χ2n) is 5.39. The number of rotatable bonds is 6. The van der Waals surface area contributed by atoms with Crippen molar-refractivity contribution in [2.45, 2.75) is 32.2 Å². The van der Waals surface area contributed by atoms with E-state index in [2.05, 4.69) is 5.32 Å². The summed E-state index contributed by atoms with van der Waals surface area (Å²) in [6, 6.07) is -0.498. The van der Waals surface area contributed by atoms with Gasteiger partial charge < -0.3 is 20.7 Å². The van der Waals surface area contributed by atoms with Crippen LogP contribution in [-0.2, 0) is 14.3 Å². The van der Waals surface area contributed by atoms with Gasteiger partial charge in [0.05, 0.1) is 11.5 Å². The Bertz CT molecular complexity index is 335. The first-order valence-electron chi connectivity index (χ1n) is 6.70. The van der Waals surface area contributed by atoms with Gasteiger partial charge in [-0.1, -0.05) is 0 Å². The van der Waals surface area contributed by atoms with E-state index in [1.54, 1.807) is 19.1 Å². The molecule has 0 aromatic carbocycles. The molecule has 2 amide bonds. The van der Waals surface area contributed by atoms with Gasteiger partial charge in [0.25, 0.3) is 0 Å².